The van der Waals surface area contributed by atoms with Gasteiger partial charge in [-0.15, -0.1) is 0 Å². The van der Waals surface area contributed by atoms with Crippen LogP contribution in [0.1, 0.15) is 17.5 Å². The highest BCUT2D eigenvalue weighted by Crippen LogP contribution is 2.30. The Hall–Kier alpha value is -3.46. The minimum atomic E-state index is -4.29. The van der Waals surface area contributed by atoms with Crippen molar-refractivity contribution in [2.75, 3.05) is 6.54 Å². The van der Waals surface area contributed by atoms with Crippen molar-refractivity contribution in [3.05, 3.63) is 87.9 Å². The zero-order valence-corrected chi connectivity index (χ0v) is 22.6. The lowest BCUT2D eigenvalue weighted by atomic mass is 9.97. The number of carboxylic acid groups (broad SMARTS) is 1. The van der Waals surface area contributed by atoms with Crippen LogP contribution < -0.4 is 5.32 Å². The Morgan fingerprint density at radius 1 is 1.08 bits per heavy atom. The summed E-state index contributed by atoms with van der Waals surface area (Å²) < 4.78 is 27.4. The van der Waals surface area contributed by atoms with Crippen molar-refractivity contribution in [1.82, 2.24) is 9.62 Å². The Kier molecular flexibility index (Phi) is 8.59. The van der Waals surface area contributed by atoms with E-state index in [9.17, 15) is 33.5 Å². The molecular formula is C27H23Cl2N3O6S. The summed E-state index contributed by atoms with van der Waals surface area (Å²) in [6.07, 6.45) is -1.46. The number of carbonyl (C=O) groups is 2. The average molecular weight is 588 g/mol. The maximum atomic E-state index is 13.3. The van der Waals surface area contributed by atoms with Gasteiger partial charge in [-0.05, 0) is 47.4 Å². The number of aliphatic hydroxyl groups excluding tert-OH is 1. The van der Waals surface area contributed by atoms with Crippen molar-refractivity contribution in [2.24, 2.45) is 0 Å². The number of benzene rings is 3. The molecule has 0 aromatic heterocycles. The zero-order chi connectivity index (χ0) is 28.3. The topological polar surface area (TPSA) is 148 Å². The van der Waals surface area contributed by atoms with E-state index < -0.39 is 40.1 Å². The molecule has 9 nitrogen and oxygen atoms in total. The second-order valence-electron chi connectivity index (χ2n) is 8.98. The number of sulfonamides is 1. The van der Waals surface area contributed by atoms with Gasteiger partial charge in [0.1, 0.15) is 12.1 Å². The van der Waals surface area contributed by atoms with Gasteiger partial charge < -0.3 is 15.5 Å². The molecule has 0 spiro atoms. The minimum Gasteiger partial charge on any atom is -0.480 e. The molecule has 3 aromatic carbocycles. The molecule has 12 heteroatoms. The monoisotopic (exact) mass is 587 g/mol. The molecule has 1 saturated heterocycles. The van der Waals surface area contributed by atoms with Crippen LogP contribution in [0.5, 0.6) is 0 Å². The summed E-state index contributed by atoms with van der Waals surface area (Å²) in [5.74, 6) is -2.27. The number of nitriles is 1. The van der Waals surface area contributed by atoms with Crippen molar-refractivity contribution in [1.29, 1.82) is 5.26 Å². The first-order chi connectivity index (χ1) is 18.5. The molecule has 3 N–H and O–H groups in total. The molecule has 3 atom stereocenters. The molecule has 4 rings (SSSR count). The molecule has 0 saturated carbocycles. The molecule has 1 aliphatic heterocycles. The number of halogens is 2. The SMILES string of the molecule is N#Cc1ccccc1-c1ccc(C[C@H](NC(=O)[C@@H]2[C@@H](O)CCN2S(=O)(=O)c2cc(Cl)cc(Cl)c2)C(=O)O)cc1. The Labute approximate surface area is 235 Å². The number of carbonyl (C=O) groups excluding carboxylic acids is 1. The van der Waals surface area contributed by atoms with Crippen molar-refractivity contribution in [3.8, 4) is 17.2 Å². The molecule has 3 aromatic rings. The first-order valence-corrected chi connectivity index (χ1v) is 14.0. The van der Waals surface area contributed by atoms with E-state index >= 15 is 0 Å². The smallest absolute Gasteiger partial charge is 0.326 e. The van der Waals surface area contributed by atoms with E-state index in [0.29, 0.717) is 11.1 Å². The maximum absolute atomic E-state index is 13.3. The molecular weight excluding hydrogens is 565 g/mol. The summed E-state index contributed by atoms with van der Waals surface area (Å²) in [7, 11) is -4.29. The lowest BCUT2D eigenvalue weighted by Crippen LogP contribution is -2.54. The molecule has 0 radical (unpaired) electrons. The van der Waals surface area contributed by atoms with E-state index in [-0.39, 0.29) is 34.3 Å². The number of hydrogen-bond donors (Lipinski definition) is 3. The Morgan fingerprint density at radius 2 is 1.72 bits per heavy atom. The fourth-order valence-corrected chi connectivity index (χ4v) is 6.84. The molecule has 39 heavy (non-hydrogen) atoms. The van der Waals surface area contributed by atoms with Crippen molar-refractivity contribution in [3.63, 3.8) is 0 Å². The summed E-state index contributed by atoms with van der Waals surface area (Å²) >= 11 is 11.9. The van der Waals surface area contributed by atoms with Crippen molar-refractivity contribution >= 4 is 45.1 Å². The third-order valence-electron chi connectivity index (χ3n) is 6.40. The normalized spacial score (nSPS) is 18.3. The van der Waals surface area contributed by atoms with E-state index in [4.69, 9.17) is 23.2 Å². The number of aliphatic carboxylic acids is 1. The van der Waals surface area contributed by atoms with Gasteiger partial charge in [-0.25, -0.2) is 13.2 Å². The van der Waals surface area contributed by atoms with Crippen LogP contribution in [0.4, 0.5) is 0 Å². The Morgan fingerprint density at radius 3 is 2.33 bits per heavy atom. The third-order valence-corrected chi connectivity index (χ3v) is 8.69. The predicted octanol–water partition coefficient (Wildman–Crippen LogP) is 3.47. The quantitative estimate of drug-likeness (QED) is 0.365. The van der Waals surface area contributed by atoms with Gasteiger partial charge in [0.25, 0.3) is 0 Å². The second-order valence-corrected chi connectivity index (χ2v) is 11.7. The minimum absolute atomic E-state index is 0.0189. The van der Waals surface area contributed by atoms with E-state index in [0.717, 1.165) is 15.4 Å². The van der Waals surface area contributed by atoms with Gasteiger partial charge >= 0.3 is 5.97 Å². The van der Waals surface area contributed by atoms with Crippen LogP contribution in [0.3, 0.4) is 0 Å². The standard InChI is InChI=1S/C27H23Cl2N3O6S/c28-19-12-20(29)14-21(13-19)39(37,38)32-10-9-24(33)25(32)26(34)31-23(27(35)36)11-16-5-7-17(8-6-16)22-4-2-1-3-18(22)15-30/h1-8,12-14,23-25,33H,9-11H2,(H,31,34)(H,35,36)/t23-,24-,25-/m0/s1. The van der Waals surface area contributed by atoms with Gasteiger partial charge in [0.05, 0.1) is 22.6 Å². The fraction of sp³-hybridized carbons (Fsp3) is 0.222. The van der Waals surface area contributed by atoms with E-state index in [1.165, 1.54) is 18.2 Å². The lowest BCUT2D eigenvalue weighted by molar-refractivity contribution is -0.142. The summed E-state index contributed by atoms with van der Waals surface area (Å²) in [5, 5.41) is 32.1. The number of carboxylic acids is 1. The van der Waals surface area contributed by atoms with Gasteiger partial charge in [0.2, 0.25) is 15.9 Å². The van der Waals surface area contributed by atoms with Gasteiger partial charge in [-0.1, -0.05) is 65.7 Å². The van der Waals surface area contributed by atoms with E-state index in [2.05, 4.69) is 11.4 Å². The molecule has 1 amide bonds. The van der Waals surface area contributed by atoms with Crippen LogP contribution in [-0.4, -0.2) is 59.5 Å². The lowest BCUT2D eigenvalue weighted by Gasteiger charge is -2.26. The molecule has 202 valence electrons. The van der Waals surface area contributed by atoms with Crippen LogP contribution in [0.2, 0.25) is 10.0 Å². The number of nitrogens with one attached hydrogen (secondary N) is 1. The number of rotatable bonds is 8. The van der Waals surface area contributed by atoms with Gasteiger partial charge in [0, 0.05) is 23.0 Å². The van der Waals surface area contributed by atoms with Crippen molar-refractivity contribution < 1.29 is 28.2 Å². The molecule has 1 fully saturated rings. The molecule has 1 heterocycles. The molecule has 1 aliphatic rings. The first-order valence-electron chi connectivity index (χ1n) is 11.8. The highest BCUT2D eigenvalue weighted by Gasteiger charge is 2.46. The Balaban J connectivity index is 1.53. The molecule has 0 bridgehead atoms. The largest absolute Gasteiger partial charge is 0.480 e. The fourth-order valence-electron chi connectivity index (χ4n) is 4.48. The summed E-state index contributed by atoms with van der Waals surface area (Å²) in [5.41, 5.74) is 2.58. The van der Waals surface area contributed by atoms with Crippen molar-refractivity contribution in [2.45, 2.75) is 35.9 Å². The van der Waals surface area contributed by atoms with Gasteiger partial charge in [-0.3, -0.25) is 4.79 Å². The van der Waals surface area contributed by atoms with Crippen LogP contribution >= 0.6 is 23.2 Å². The summed E-state index contributed by atoms with van der Waals surface area (Å²) in [4.78, 5) is 24.9. The first kappa shape index (κ1) is 28.5. The molecule has 0 aliphatic carbocycles. The van der Waals surface area contributed by atoms with E-state index in [1.54, 1.807) is 42.5 Å². The summed E-state index contributed by atoms with van der Waals surface area (Å²) in [6, 6.07) is 16.9. The third kappa shape index (κ3) is 6.24. The zero-order valence-electron chi connectivity index (χ0n) is 20.3. The van der Waals surface area contributed by atoms with Crippen LogP contribution in [0, 0.1) is 11.3 Å². The van der Waals surface area contributed by atoms with E-state index in [1.807, 2.05) is 6.07 Å². The van der Waals surface area contributed by atoms with Crippen LogP contribution in [0.25, 0.3) is 11.1 Å². The highest BCUT2D eigenvalue weighted by molar-refractivity contribution is 7.89. The highest BCUT2D eigenvalue weighted by atomic mass is 35.5. The van der Waals surface area contributed by atoms with Crippen LogP contribution in [-0.2, 0) is 26.0 Å². The number of amides is 1. The predicted molar refractivity (Wildman–Crippen MR) is 145 cm³/mol. The number of hydrogen-bond acceptors (Lipinski definition) is 6. The second kappa shape index (κ2) is 11.7. The number of aliphatic hydroxyl groups is 1. The number of nitrogens with zero attached hydrogens (tertiary/aromatic N) is 2. The summed E-state index contributed by atoms with van der Waals surface area (Å²) in [6.45, 7) is -0.158. The van der Waals surface area contributed by atoms with Gasteiger partial charge in [0.15, 0.2) is 0 Å². The Bertz CT molecular complexity index is 1540. The molecule has 0 unspecified atom stereocenters. The maximum Gasteiger partial charge on any atom is 0.326 e. The van der Waals surface area contributed by atoms with Crippen LogP contribution in [0.15, 0.2) is 71.6 Å². The average Bonchev–Trinajstić information content (AvgIpc) is 3.30. The van der Waals surface area contributed by atoms with Gasteiger partial charge in [-0.2, -0.15) is 9.57 Å².